The Morgan fingerprint density at radius 1 is 0.282 bits per heavy atom. The molecule has 6 aliphatic heterocycles. The zero-order valence-electron chi connectivity index (χ0n) is 46.8. The normalized spacial score (nSPS) is 44.0. The van der Waals surface area contributed by atoms with Gasteiger partial charge in [-0.25, -0.2) is 0 Å². The van der Waals surface area contributed by atoms with Gasteiger partial charge in [-0.3, -0.25) is 28.8 Å². The van der Waals surface area contributed by atoms with Gasteiger partial charge in [-0.2, -0.15) is 0 Å². The van der Waals surface area contributed by atoms with E-state index >= 15 is 0 Å². The second-order valence-electron chi connectivity index (χ2n) is 21.2. The van der Waals surface area contributed by atoms with Crippen molar-refractivity contribution in [2.24, 2.45) is 0 Å². The summed E-state index contributed by atoms with van der Waals surface area (Å²) in [4.78, 5) is 74.9. The largest absolute Gasteiger partial charge is 0.394 e. The molecule has 6 rings (SSSR count). The Balaban J connectivity index is 1.23. The predicted molar refractivity (Wildman–Crippen MR) is 269 cm³/mol. The number of hydrogen-bond acceptors (Lipinski definition) is 31. The maximum absolute atomic E-state index is 12.8. The summed E-state index contributed by atoms with van der Waals surface area (Å²) in [6.07, 6.45) is -43.4. The maximum atomic E-state index is 12.8. The fourth-order valence-electron chi connectivity index (χ4n) is 11.0. The van der Waals surface area contributed by atoms with Crippen LogP contribution in [-0.4, -0.2) is 330 Å². The first-order chi connectivity index (χ1) is 40.1. The minimum Gasteiger partial charge on any atom is -0.394 e. The Labute approximate surface area is 483 Å². The van der Waals surface area contributed by atoms with Crippen molar-refractivity contribution in [1.29, 1.82) is 0 Å². The molecular formula is C48H80N6O31. The number of aliphatic hydroxyl groups is 14. The molecule has 0 unspecified atom stereocenters. The highest BCUT2D eigenvalue weighted by atomic mass is 16.8. The molecule has 37 heteroatoms. The van der Waals surface area contributed by atoms with Crippen LogP contribution in [0.15, 0.2) is 0 Å². The molecule has 6 amide bonds. The monoisotopic (exact) mass is 1240 g/mol. The van der Waals surface area contributed by atoms with Crippen molar-refractivity contribution in [1.82, 2.24) is 31.9 Å². The van der Waals surface area contributed by atoms with E-state index in [1.54, 1.807) is 0 Å². The Morgan fingerprint density at radius 2 is 0.471 bits per heavy atom. The van der Waals surface area contributed by atoms with Gasteiger partial charge < -0.3 is 155 Å². The number of carbonyl (C=O) groups excluding carboxylic acids is 6. The van der Waals surface area contributed by atoms with Crippen LogP contribution in [0.4, 0.5) is 0 Å². The van der Waals surface area contributed by atoms with Crippen molar-refractivity contribution in [3.05, 3.63) is 0 Å². The predicted octanol–water partition coefficient (Wildman–Crippen LogP) is -13.2. The van der Waals surface area contributed by atoms with Gasteiger partial charge in [0.25, 0.3) is 0 Å². The lowest BCUT2D eigenvalue weighted by Crippen LogP contribution is -2.72. The van der Waals surface area contributed by atoms with E-state index in [-0.39, 0.29) is 0 Å². The lowest BCUT2D eigenvalue weighted by Gasteiger charge is -2.51. The lowest BCUT2D eigenvalue weighted by atomic mass is 9.92. The molecule has 6 heterocycles. The van der Waals surface area contributed by atoms with Crippen LogP contribution in [-0.2, 0) is 80.9 Å². The molecule has 488 valence electrons. The van der Waals surface area contributed by atoms with E-state index in [0.29, 0.717) is 0 Å². The zero-order chi connectivity index (χ0) is 63.0. The quantitative estimate of drug-likeness (QED) is 0.0479. The van der Waals surface area contributed by atoms with Gasteiger partial charge in [-0.05, 0) is 0 Å². The molecule has 37 nitrogen and oxygen atoms in total. The average Bonchev–Trinajstić information content (AvgIpc) is 2.60. The summed E-state index contributed by atoms with van der Waals surface area (Å²) in [6, 6.07) is -10.0. The molecule has 30 atom stereocenters. The van der Waals surface area contributed by atoms with Gasteiger partial charge in [0.05, 0.1) is 39.6 Å². The third-order valence-electron chi connectivity index (χ3n) is 14.8. The molecule has 0 aromatic rings. The molecule has 0 spiro atoms. The van der Waals surface area contributed by atoms with Crippen molar-refractivity contribution in [2.75, 3.05) is 39.6 Å². The highest BCUT2D eigenvalue weighted by Crippen LogP contribution is 2.37. The number of aliphatic hydroxyl groups excluding tert-OH is 14. The summed E-state index contributed by atoms with van der Waals surface area (Å²) in [5, 5.41) is 168. The van der Waals surface area contributed by atoms with E-state index in [1.807, 2.05) is 0 Å². The standard InChI is InChI=1S/C48H80N6O31/c1-13(61)49-25-33(69)38(20(8-56)75-43(25)74)81-45-27(51-15(3)63)35(71)40(22(10-58)77-45)83-47-29(53-17(5)65)37(73)42(24(12-60)79-47)85-48-30(54-18(6)66)36(72)41(23(11-59)80-48)84-46-28(52-16(4)64)34(70)39(21(9-57)78-46)82-44-26(50-14(2)62)32(68)31(67)19(7-55)76-44/h19-48,55-60,67-74H,7-12H2,1-6H3,(H,49,61)(H,50,62)(H,51,63)(H,52,64)(H,53,65)(H,54,66)/t19-,20-,21-,22-,23-,24-,25-,26-,27-,28-,29-,30-,31-,32-,33-,34-,35-,36-,37-,38-,39-,40-,41-,42-,43-,44+,45+,46-,47-,48+/m1/s1. The molecule has 85 heavy (non-hydrogen) atoms. The van der Waals surface area contributed by atoms with Crippen LogP contribution in [0.5, 0.6) is 0 Å². The van der Waals surface area contributed by atoms with Gasteiger partial charge in [-0.15, -0.1) is 0 Å². The summed E-state index contributed by atoms with van der Waals surface area (Å²) in [5.41, 5.74) is 0. The van der Waals surface area contributed by atoms with Crippen molar-refractivity contribution >= 4 is 35.4 Å². The number of nitrogens with one attached hydrogen (secondary N) is 6. The Bertz CT molecular complexity index is 2230. The first-order valence-electron chi connectivity index (χ1n) is 27.1. The van der Waals surface area contributed by atoms with Gasteiger partial charge in [0, 0.05) is 41.5 Å². The molecule has 0 aliphatic carbocycles. The topological polar surface area (TPSA) is 559 Å². The van der Waals surface area contributed by atoms with Crippen molar-refractivity contribution < 1.29 is 152 Å². The van der Waals surface area contributed by atoms with E-state index in [0.717, 1.165) is 41.5 Å². The average molecular weight is 1240 g/mol. The van der Waals surface area contributed by atoms with E-state index in [1.165, 1.54) is 0 Å². The summed E-state index contributed by atoms with van der Waals surface area (Å²) in [6.45, 7) is 0.406. The lowest BCUT2D eigenvalue weighted by molar-refractivity contribution is -0.370. The fourth-order valence-corrected chi connectivity index (χ4v) is 11.0. The SMILES string of the molecule is CC(=O)N[C@@H]1[C@@H](O)[C@H](O[C@@H]2O[C@H](CO)[C@@H](O[C@H]3O[C@H](CO)[C@@H](O[C@@H]4O[C@H](CO)[C@@H](O[C@H]5O[C@H](CO)[C@@H](O[C@@H]6O[C@H](CO)[C@@H](O)[C@H](O)[C@H]6NC(C)=O)[C@H](O)[C@H]5NC(C)=O)[C@H](O)[C@H]4NC(C)=O)[C@H](O)[C@H]3NC(C)=O)[C@H](O)[C@H]2NC(C)=O)[C@@H](CO)O[C@H]1O. The van der Waals surface area contributed by atoms with E-state index < -0.39 is 259 Å². The van der Waals surface area contributed by atoms with E-state index in [9.17, 15) is 100 Å². The highest BCUT2D eigenvalue weighted by molar-refractivity contribution is 5.75. The smallest absolute Gasteiger partial charge is 0.217 e. The van der Waals surface area contributed by atoms with Gasteiger partial charge in [0.1, 0.15) is 146 Å². The molecule has 0 aromatic carbocycles. The Morgan fingerprint density at radius 3 is 0.694 bits per heavy atom. The first-order valence-corrected chi connectivity index (χ1v) is 27.1. The molecule has 0 aromatic heterocycles. The van der Waals surface area contributed by atoms with E-state index in [4.69, 9.17) is 52.1 Å². The van der Waals surface area contributed by atoms with Crippen LogP contribution >= 0.6 is 0 Å². The first kappa shape index (κ1) is 69.9. The second-order valence-corrected chi connectivity index (χ2v) is 21.2. The van der Waals surface area contributed by atoms with Gasteiger partial charge in [0.15, 0.2) is 37.7 Å². The summed E-state index contributed by atoms with van der Waals surface area (Å²) < 4.78 is 65.4. The van der Waals surface area contributed by atoms with Crippen LogP contribution in [0.1, 0.15) is 41.5 Å². The molecule has 0 bridgehead atoms. The minimum atomic E-state index is -2.07. The number of rotatable bonds is 22. The molecule has 0 radical (unpaired) electrons. The van der Waals surface area contributed by atoms with E-state index in [2.05, 4.69) is 31.9 Å². The van der Waals surface area contributed by atoms with Crippen LogP contribution in [0, 0.1) is 0 Å². The second kappa shape index (κ2) is 30.8. The third-order valence-corrected chi connectivity index (χ3v) is 14.8. The Hall–Kier alpha value is -4.18. The Kier molecular flexibility index (Phi) is 25.4. The molecule has 0 saturated carbocycles. The van der Waals surface area contributed by atoms with Crippen molar-refractivity contribution in [2.45, 2.75) is 225 Å². The molecule has 6 fully saturated rings. The fraction of sp³-hybridized carbons (Fsp3) is 0.875. The van der Waals surface area contributed by atoms with Crippen LogP contribution < -0.4 is 31.9 Å². The van der Waals surface area contributed by atoms with Crippen LogP contribution in [0.25, 0.3) is 0 Å². The summed E-state index contributed by atoms with van der Waals surface area (Å²) >= 11 is 0. The number of amides is 6. The maximum Gasteiger partial charge on any atom is 0.217 e. The van der Waals surface area contributed by atoms with Crippen LogP contribution in [0.3, 0.4) is 0 Å². The van der Waals surface area contributed by atoms with Crippen molar-refractivity contribution in [3.63, 3.8) is 0 Å². The molecule has 6 saturated heterocycles. The number of carbonyl (C=O) groups is 6. The third kappa shape index (κ3) is 16.4. The molecule has 20 N–H and O–H groups in total. The van der Waals surface area contributed by atoms with Crippen LogP contribution in [0.2, 0.25) is 0 Å². The molecule has 6 aliphatic rings. The minimum absolute atomic E-state index is 0.705. The number of ether oxygens (including phenoxy) is 11. The van der Waals surface area contributed by atoms with Gasteiger partial charge in [0.2, 0.25) is 35.4 Å². The summed E-state index contributed by atoms with van der Waals surface area (Å²) in [7, 11) is 0. The van der Waals surface area contributed by atoms with Gasteiger partial charge >= 0.3 is 0 Å². The summed E-state index contributed by atoms with van der Waals surface area (Å²) in [5.74, 6) is -4.75. The van der Waals surface area contributed by atoms with Crippen molar-refractivity contribution in [3.8, 4) is 0 Å². The zero-order valence-corrected chi connectivity index (χ0v) is 46.8. The highest BCUT2D eigenvalue weighted by Gasteiger charge is 2.59. The number of hydrogen-bond donors (Lipinski definition) is 20. The molecular weight excluding hydrogens is 1160 g/mol. The van der Waals surface area contributed by atoms with Gasteiger partial charge in [-0.1, -0.05) is 0 Å².